The minimum atomic E-state index is -0.104. The third-order valence-corrected chi connectivity index (χ3v) is 2.63. The first kappa shape index (κ1) is 13.1. The normalized spacial score (nSPS) is 10.5. The van der Waals surface area contributed by atoms with Crippen LogP contribution in [0.25, 0.3) is 0 Å². The maximum atomic E-state index is 11.6. The molecule has 1 amide bonds. The number of hydrogen-bond acceptors (Lipinski definition) is 3. The lowest BCUT2D eigenvalue weighted by Gasteiger charge is -2.09. The fourth-order valence-electron chi connectivity index (χ4n) is 1.20. The van der Waals surface area contributed by atoms with Gasteiger partial charge in [0.05, 0.1) is 9.90 Å². The van der Waals surface area contributed by atoms with Gasteiger partial charge in [0.2, 0.25) is 5.91 Å². The van der Waals surface area contributed by atoms with E-state index in [-0.39, 0.29) is 17.5 Å². The smallest absolute Gasteiger partial charge is 0.266 e. The zero-order valence-electron chi connectivity index (χ0n) is 9.24. The molecule has 0 aliphatic heterocycles. The molecule has 0 saturated heterocycles. The van der Waals surface area contributed by atoms with E-state index >= 15 is 0 Å². The molecule has 0 aromatic carbocycles. The van der Waals surface area contributed by atoms with Gasteiger partial charge >= 0.3 is 0 Å². The summed E-state index contributed by atoms with van der Waals surface area (Å²) < 4.78 is 2.01. The highest BCUT2D eigenvalue weighted by molar-refractivity contribution is 14.1. The van der Waals surface area contributed by atoms with Gasteiger partial charge in [-0.25, -0.2) is 4.98 Å². The van der Waals surface area contributed by atoms with Crippen molar-refractivity contribution in [2.24, 2.45) is 0 Å². The third kappa shape index (κ3) is 3.92. The van der Waals surface area contributed by atoms with Crippen molar-refractivity contribution in [2.75, 3.05) is 0 Å². The Kier molecular flexibility index (Phi) is 4.91. The molecule has 0 spiro atoms. The summed E-state index contributed by atoms with van der Waals surface area (Å²) in [6.07, 6.45) is 3.25. The second kappa shape index (κ2) is 5.97. The molecule has 0 unspecified atom stereocenters. The summed E-state index contributed by atoms with van der Waals surface area (Å²) in [5.41, 5.74) is -0.104. The largest absolute Gasteiger partial charge is 0.354 e. The molecule has 0 saturated carbocycles. The molecule has 0 atom stereocenters. The van der Waals surface area contributed by atoms with E-state index in [1.165, 1.54) is 17.1 Å². The summed E-state index contributed by atoms with van der Waals surface area (Å²) in [6.45, 7) is 4.16. The molecule has 1 aromatic rings. The van der Waals surface area contributed by atoms with Crippen molar-refractivity contribution in [2.45, 2.75) is 32.9 Å². The fourth-order valence-corrected chi connectivity index (χ4v) is 1.67. The van der Waals surface area contributed by atoms with Crippen LogP contribution in [0.15, 0.2) is 17.3 Å². The van der Waals surface area contributed by atoms with Crippen molar-refractivity contribution in [1.29, 1.82) is 0 Å². The van der Waals surface area contributed by atoms with Crippen LogP contribution in [0.1, 0.15) is 20.3 Å². The summed E-state index contributed by atoms with van der Waals surface area (Å²) in [6, 6.07) is 0.123. The number of aromatic nitrogens is 2. The number of halogens is 1. The van der Waals surface area contributed by atoms with E-state index in [9.17, 15) is 9.59 Å². The molecule has 0 radical (unpaired) electrons. The van der Waals surface area contributed by atoms with E-state index in [0.717, 1.165) is 0 Å². The topological polar surface area (TPSA) is 64.0 Å². The Morgan fingerprint density at radius 2 is 2.31 bits per heavy atom. The third-order valence-electron chi connectivity index (χ3n) is 1.89. The predicted octanol–water partition coefficient (Wildman–Crippen LogP) is 0.763. The second-order valence-electron chi connectivity index (χ2n) is 3.71. The summed E-state index contributed by atoms with van der Waals surface area (Å²) in [4.78, 5) is 26.9. The molecule has 1 N–H and O–H groups in total. The summed E-state index contributed by atoms with van der Waals surface area (Å²) in [5, 5.41) is 2.77. The van der Waals surface area contributed by atoms with E-state index in [4.69, 9.17) is 0 Å². The van der Waals surface area contributed by atoms with E-state index in [1.54, 1.807) is 0 Å². The number of carbonyl (C=O) groups is 1. The molecule has 0 aliphatic rings. The Labute approximate surface area is 107 Å². The van der Waals surface area contributed by atoms with Crippen molar-refractivity contribution < 1.29 is 4.79 Å². The van der Waals surface area contributed by atoms with Crippen molar-refractivity contribution in [3.05, 3.63) is 26.4 Å². The maximum absolute atomic E-state index is 11.6. The van der Waals surface area contributed by atoms with Crippen LogP contribution >= 0.6 is 22.6 Å². The molecular weight excluding hydrogens is 321 g/mol. The number of nitrogens with zero attached hydrogens (tertiary/aromatic N) is 2. The molecule has 6 heteroatoms. The molecule has 88 valence electrons. The van der Waals surface area contributed by atoms with E-state index in [2.05, 4.69) is 10.3 Å². The minimum Gasteiger partial charge on any atom is -0.354 e. The molecule has 0 aliphatic carbocycles. The average Bonchev–Trinajstić information content (AvgIpc) is 2.19. The predicted molar refractivity (Wildman–Crippen MR) is 69.1 cm³/mol. The molecule has 16 heavy (non-hydrogen) atoms. The molecule has 1 aromatic heterocycles. The lowest BCUT2D eigenvalue weighted by atomic mass is 10.3. The van der Waals surface area contributed by atoms with Gasteiger partial charge in [-0.2, -0.15) is 0 Å². The first-order valence-electron chi connectivity index (χ1n) is 5.00. The summed E-state index contributed by atoms with van der Waals surface area (Å²) in [5.74, 6) is -0.0549. The number of aryl methyl sites for hydroxylation is 1. The van der Waals surface area contributed by atoms with Crippen molar-refractivity contribution in [3.8, 4) is 0 Å². The van der Waals surface area contributed by atoms with Crippen LogP contribution in [0.4, 0.5) is 0 Å². The van der Waals surface area contributed by atoms with Crippen LogP contribution in [0.3, 0.4) is 0 Å². The highest BCUT2D eigenvalue weighted by Crippen LogP contribution is 1.94. The van der Waals surface area contributed by atoms with Crippen molar-refractivity contribution in [3.63, 3.8) is 0 Å². The number of nitrogens with one attached hydrogen (secondary N) is 1. The van der Waals surface area contributed by atoms with E-state index < -0.39 is 0 Å². The SMILES string of the molecule is CC(C)NC(=O)CCn1cncc(I)c1=O. The Hall–Kier alpha value is -0.920. The van der Waals surface area contributed by atoms with Crippen molar-refractivity contribution >= 4 is 28.5 Å². The Bertz CT molecular complexity index is 428. The Morgan fingerprint density at radius 3 is 2.94 bits per heavy atom. The van der Waals surface area contributed by atoms with Crippen LogP contribution in [-0.4, -0.2) is 21.5 Å². The molecule has 1 rings (SSSR count). The van der Waals surface area contributed by atoms with Gasteiger partial charge in [0.1, 0.15) is 0 Å². The van der Waals surface area contributed by atoms with E-state index in [0.29, 0.717) is 16.5 Å². The lowest BCUT2D eigenvalue weighted by Crippen LogP contribution is -2.32. The first-order chi connectivity index (χ1) is 7.50. The highest BCUT2D eigenvalue weighted by atomic mass is 127. The maximum Gasteiger partial charge on any atom is 0.266 e. The zero-order valence-corrected chi connectivity index (χ0v) is 11.4. The zero-order chi connectivity index (χ0) is 12.1. The molecular formula is C10H14IN3O2. The van der Waals surface area contributed by atoms with Crippen LogP contribution in [-0.2, 0) is 11.3 Å². The van der Waals surface area contributed by atoms with Gasteiger partial charge in [-0.15, -0.1) is 0 Å². The van der Waals surface area contributed by atoms with Gasteiger partial charge in [0.25, 0.3) is 5.56 Å². The van der Waals surface area contributed by atoms with Crippen LogP contribution in [0.5, 0.6) is 0 Å². The van der Waals surface area contributed by atoms with Gasteiger partial charge in [0, 0.05) is 25.2 Å². The van der Waals surface area contributed by atoms with Gasteiger partial charge in [-0.05, 0) is 36.4 Å². The monoisotopic (exact) mass is 335 g/mol. The van der Waals surface area contributed by atoms with Crippen LogP contribution in [0, 0.1) is 3.57 Å². The first-order valence-corrected chi connectivity index (χ1v) is 6.08. The molecule has 5 nitrogen and oxygen atoms in total. The number of hydrogen-bond donors (Lipinski definition) is 1. The minimum absolute atomic E-state index is 0.0549. The van der Waals surface area contributed by atoms with Crippen molar-refractivity contribution in [1.82, 2.24) is 14.9 Å². The molecule has 1 heterocycles. The average molecular weight is 335 g/mol. The summed E-state index contributed by atoms with van der Waals surface area (Å²) >= 11 is 1.93. The Morgan fingerprint density at radius 1 is 1.62 bits per heavy atom. The van der Waals surface area contributed by atoms with Crippen LogP contribution in [0.2, 0.25) is 0 Å². The highest BCUT2D eigenvalue weighted by Gasteiger charge is 2.05. The number of rotatable bonds is 4. The Balaban J connectivity index is 2.58. The van der Waals surface area contributed by atoms with Gasteiger partial charge < -0.3 is 5.32 Å². The van der Waals surface area contributed by atoms with Crippen LogP contribution < -0.4 is 10.9 Å². The van der Waals surface area contributed by atoms with Gasteiger partial charge in [-0.1, -0.05) is 0 Å². The number of carbonyl (C=O) groups excluding carboxylic acids is 1. The fraction of sp³-hybridized carbons (Fsp3) is 0.500. The quantitative estimate of drug-likeness (QED) is 0.827. The molecule has 0 fully saturated rings. The van der Waals surface area contributed by atoms with Gasteiger partial charge in [-0.3, -0.25) is 14.2 Å². The summed E-state index contributed by atoms with van der Waals surface area (Å²) in [7, 11) is 0. The standard InChI is InChI=1S/C10H14IN3O2/c1-7(2)13-9(15)3-4-14-6-12-5-8(11)10(14)16/h5-7H,3-4H2,1-2H3,(H,13,15). The molecule has 0 bridgehead atoms. The van der Waals surface area contributed by atoms with Gasteiger partial charge in [0.15, 0.2) is 0 Å². The lowest BCUT2D eigenvalue weighted by molar-refractivity contribution is -0.121. The second-order valence-corrected chi connectivity index (χ2v) is 4.87. The van der Waals surface area contributed by atoms with E-state index in [1.807, 2.05) is 36.4 Å². The number of amides is 1.